The second-order valence-corrected chi connectivity index (χ2v) is 6.85. The summed E-state index contributed by atoms with van der Waals surface area (Å²) in [6.45, 7) is 0.311. The number of benzene rings is 1. The summed E-state index contributed by atoms with van der Waals surface area (Å²) in [7, 11) is -5.02. The molecule has 0 amide bonds. The SMILES string of the molecule is CP(=O)(O)[C@@H](c1ccccc1)C(F)(F)C(F)(F)C(F)(F)F. The Hall–Kier alpha value is -1.08. The van der Waals surface area contributed by atoms with Gasteiger partial charge in [-0.3, -0.25) is 4.57 Å². The number of halogens is 7. The number of hydrogen-bond donors (Lipinski definition) is 1. The van der Waals surface area contributed by atoms with Gasteiger partial charge in [0.2, 0.25) is 7.37 Å². The van der Waals surface area contributed by atoms with Gasteiger partial charge in [0.15, 0.2) is 0 Å². The van der Waals surface area contributed by atoms with Crippen molar-refractivity contribution in [1.29, 1.82) is 0 Å². The predicted molar refractivity (Wildman–Crippen MR) is 60.9 cm³/mol. The molecule has 1 aromatic rings. The van der Waals surface area contributed by atoms with Crippen LogP contribution in [-0.4, -0.2) is 29.6 Å². The third-order valence-electron chi connectivity index (χ3n) is 2.71. The van der Waals surface area contributed by atoms with Gasteiger partial charge in [-0.2, -0.15) is 30.7 Å². The fraction of sp³-hybridized carbons (Fsp3) is 0.455. The van der Waals surface area contributed by atoms with Crippen LogP contribution in [0.1, 0.15) is 11.2 Å². The van der Waals surface area contributed by atoms with Crippen LogP contribution in [0.5, 0.6) is 0 Å². The summed E-state index contributed by atoms with van der Waals surface area (Å²) in [5, 5.41) is 0. The lowest BCUT2D eigenvalue weighted by atomic mass is 10.0. The van der Waals surface area contributed by atoms with Crippen LogP contribution in [0.3, 0.4) is 0 Å². The molecule has 0 saturated carbocycles. The number of alkyl halides is 7. The lowest BCUT2D eigenvalue weighted by molar-refractivity contribution is -0.355. The maximum atomic E-state index is 13.7. The zero-order valence-corrected chi connectivity index (χ0v) is 11.3. The largest absolute Gasteiger partial charge is 0.459 e. The number of hydrogen-bond acceptors (Lipinski definition) is 1. The molecule has 0 aromatic heterocycles. The summed E-state index contributed by atoms with van der Waals surface area (Å²) in [6, 6.07) is 5.03. The van der Waals surface area contributed by atoms with Gasteiger partial charge in [0.1, 0.15) is 5.66 Å². The first-order chi connectivity index (χ1) is 9.23. The van der Waals surface area contributed by atoms with Gasteiger partial charge in [0.25, 0.3) is 0 Å². The molecule has 2 nitrogen and oxygen atoms in total. The van der Waals surface area contributed by atoms with Crippen LogP contribution in [0.4, 0.5) is 30.7 Å². The van der Waals surface area contributed by atoms with Crippen molar-refractivity contribution in [3.05, 3.63) is 35.9 Å². The lowest BCUT2D eigenvalue weighted by Crippen LogP contribution is -2.54. The van der Waals surface area contributed by atoms with E-state index in [9.17, 15) is 40.2 Å². The summed E-state index contributed by atoms with van der Waals surface area (Å²) in [5.74, 6) is -12.2. The Balaban J connectivity index is 3.51. The normalized spacial score (nSPS) is 18.1. The molecule has 0 bridgehead atoms. The smallest absolute Gasteiger partial charge is 0.344 e. The van der Waals surface area contributed by atoms with E-state index < -0.39 is 36.6 Å². The Morgan fingerprint density at radius 2 is 1.43 bits per heavy atom. The fourth-order valence-electron chi connectivity index (χ4n) is 1.78. The molecule has 0 aliphatic heterocycles. The fourth-order valence-corrected chi connectivity index (χ4v) is 3.27. The first-order valence-corrected chi connectivity index (χ1v) is 7.57. The van der Waals surface area contributed by atoms with E-state index in [0.717, 1.165) is 24.3 Å². The highest BCUT2D eigenvalue weighted by molar-refractivity contribution is 7.57. The highest BCUT2D eigenvalue weighted by atomic mass is 31.2. The van der Waals surface area contributed by atoms with Gasteiger partial charge in [0.05, 0.1) is 0 Å². The van der Waals surface area contributed by atoms with Crippen molar-refractivity contribution in [1.82, 2.24) is 0 Å². The molecule has 120 valence electrons. The van der Waals surface area contributed by atoms with Crippen molar-refractivity contribution in [3.8, 4) is 0 Å². The molecule has 1 N–H and O–H groups in total. The zero-order chi connectivity index (χ0) is 16.7. The Bertz CT molecular complexity index is 535. The molecule has 2 atom stereocenters. The minimum atomic E-state index is -6.56. The van der Waals surface area contributed by atoms with Crippen molar-refractivity contribution < 1.29 is 40.2 Å². The molecule has 1 rings (SSSR count). The van der Waals surface area contributed by atoms with Gasteiger partial charge in [-0.25, -0.2) is 0 Å². The summed E-state index contributed by atoms with van der Waals surface area (Å²) in [6.07, 6.45) is -6.56. The van der Waals surface area contributed by atoms with Crippen molar-refractivity contribution >= 4 is 7.37 Å². The quantitative estimate of drug-likeness (QED) is 0.650. The maximum absolute atomic E-state index is 13.7. The first-order valence-electron chi connectivity index (χ1n) is 5.40. The van der Waals surface area contributed by atoms with Crippen LogP contribution in [0.2, 0.25) is 0 Å². The Labute approximate surface area is 115 Å². The van der Waals surface area contributed by atoms with Crippen LogP contribution >= 0.6 is 7.37 Å². The molecule has 10 heteroatoms. The van der Waals surface area contributed by atoms with Crippen LogP contribution in [-0.2, 0) is 4.57 Å². The molecule has 21 heavy (non-hydrogen) atoms. The third kappa shape index (κ3) is 3.23. The first kappa shape index (κ1) is 18.0. The topological polar surface area (TPSA) is 37.3 Å². The van der Waals surface area contributed by atoms with Gasteiger partial charge in [-0.05, 0) is 5.56 Å². The third-order valence-corrected chi connectivity index (χ3v) is 4.29. The minimum absolute atomic E-state index is 0.311. The molecule has 0 heterocycles. The molecule has 0 aliphatic carbocycles. The van der Waals surface area contributed by atoms with E-state index in [-0.39, 0.29) is 0 Å². The van der Waals surface area contributed by atoms with Crippen molar-refractivity contribution in [2.45, 2.75) is 23.7 Å². The highest BCUT2D eigenvalue weighted by Crippen LogP contribution is 2.65. The molecule has 0 aliphatic rings. The average molecular weight is 338 g/mol. The highest BCUT2D eigenvalue weighted by Gasteiger charge is 2.77. The summed E-state index contributed by atoms with van der Waals surface area (Å²) in [5.41, 5.74) is -3.96. The summed E-state index contributed by atoms with van der Waals surface area (Å²) >= 11 is 0. The van der Waals surface area contributed by atoms with E-state index in [2.05, 4.69) is 0 Å². The van der Waals surface area contributed by atoms with Crippen LogP contribution in [0, 0.1) is 0 Å². The maximum Gasteiger partial charge on any atom is 0.459 e. The van der Waals surface area contributed by atoms with Crippen LogP contribution in [0.15, 0.2) is 30.3 Å². The van der Waals surface area contributed by atoms with E-state index in [1.807, 2.05) is 0 Å². The number of rotatable bonds is 4. The van der Waals surface area contributed by atoms with E-state index in [0.29, 0.717) is 6.66 Å². The Morgan fingerprint density at radius 1 is 1.00 bits per heavy atom. The molecular formula is C11H10F7O2P. The molecule has 1 unspecified atom stereocenters. The van der Waals surface area contributed by atoms with E-state index in [4.69, 9.17) is 0 Å². The van der Waals surface area contributed by atoms with Crippen LogP contribution < -0.4 is 0 Å². The lowest BCUT2D eigenvalue weighted by Gasteiger charge is -2.35. The molecular weight excluding hydrogens is 328 g/mol. The molecule has 0 spiro atoms. The molecule has 0 saturated heterocycles. The van der Waals surface area contributed by atoms with Gasteiger partial charge in [-0.15, -0.1) is 0 Å². The van der Waals surface area contributed by atoms with Gasteiger partial charge < -0.3 is 4.89 Å². The minimum Gasteiger partial charge on any atom is -0.344 e. The monoisotopic (exact) mass is 338 g/mol. The standard InChI is InChI=1S/C11H10F7O2P/c1-21(19,20)8(7-5-3-2-4-6-7)9(12,13)10(14,15)11(16,17)18/h2-6,8H,1H3,(H,19,20)/t8-/m0/s1. The van der Waals surface area contributed by atoms with E-state index in [1.54, 1.807) is 0 Å². The van der Waals surface area contributed by atoms with E-state index in [1.165, 1.54) is 6.07 Å². The predicted octanol–water partition coefficient (Wildman–Crippen LogP) is 4.46. The van der Waals surface area contributed by atoms with Crippen molar-refractivity contribution in [2.24, 2.45) is 0 Å². The summed E-state index contributed by atoms with van der Waals surface area (Å²) < 4.78 is 102. The van der Waals surface area contributed by atoms with Gasteiger partial charge in [-0.1, -0.05) is 30.3 Å². The molecule has 1 aromatic carbocycles. The summed E-state index contributed by atoms with van der Waals surface area (Å²) in [4.78, 5) is 9.27. The van der Waals surface area contributed by atoms with Gasteiger partial charge >= 0.3 is 18.0 Å². The Kier molecular flexibility index (Phi) is 4.52. The second kappa shape index (κ2) is 5.28. The van der Waals surface area contributed by atoms with Crippen LogP contribution in [0.25, 0.3) is 0 Å². The van der Waals surface area contributed by atoms with Gasteiger partial charge in [0, 0.05) is 6.66 Å². The van der Waals surface area contributed by atoms with E-state index >= 15 is 0 Å². The molecule has 0 fully saturated rings. The second-order valence-electron chi connectivity index (χ2n) is 4.45. The van der Waals surface area contributed by atoms with Crippen molar-refractivity contribution in [2.75, 3.05) is 6.66 Å². The zero-order valence-electron chi connectivity index (χ0n) is 10.4. The average Bonchev–Trinajstić information content (AvgIpc) is 2.26. The molecule has 0 radical (unpaired) electrons. The Morgan fingerprint density at radius 3 is 1.76 bits per heavy atom. The van der Waals surface area contributed by atoms with Crippen molar-refractivity contribution in [3.63, 3.8) is 0 Å².